The summed E-state index contributed by atoms with van der Waals surface area (Å²) in [5.74, 6) is 0.142. The summed E-state index contributed by atoms with van der Waals surface area (Å²) < 4.78 is 5.14. The summed E-state index contributed by atoms with van der Waals surface area (Å²) in [6.07, 6.45) is 1.53. The van der Waals surface area contributed by atoms with E-state index in [1.54, 1.807) is 19.1 Å². The zero-order chi connectivity index (χ0) is 13.8. The summed E-state index contributed by atoms with van der Waals surface area (Å²) >= 11 is 11.4. The van der Waals surface area contributed by atoms with Crippen molar-refractivity contribution >= 4 is 34.8 Å². The average Bonchev–Trinajstić information content (AvgIpc) is 2.88. The molecule has 0 saturated heterocycles. The van der Waals surface area contributed by atoms with E-state index in [9.17, 15) is 4.79 Å². The van der Waals surface area contributed by atoms with E-state index in [0.29, 0.717) is 11.5 Å². The highest BCUT2D eigenvalue weighted by Crippen LogP contribution is 2.14. The van der Waals surface area contributed by atoms with Crippen molar-refractivity contribution in [2.75, 3.05) is 0 Å². The average molecular weight is 298 g/mol. The number of nitrogens with zero attached hydrogens (tertiary/aromatic N) is 2. The molecule has 5 nitrogen and oxygen atoms in total. The van der Waals surface area contributed by atoms with Gasteiger partial charge in [0.25, 0.3) is 5.91 Å². The summed E-state index contributed by atoms with van der Waals surface area (Å²) in [5.41, 5.74) is 3.21. The molecule has 2 aromatic heterocycles. The van der Waals surface area contributed by atoms with Crippen LogP contribution >= 0.6 is 23.2 Å². The van der Waals surface area contributed by atoms with Gasteiger partial charge in [0.2, 0.25) is 0 Å². The third-order valence-corrected chi connectivity index (χ3v) is 2.62. The number of hydrogen-bond donors (Lipinski definition) is 1. The van der Waals surface area contributed by atoms with Gasteiger partial charge >= 0.3 is 0 Å². The van der Waals surface area contributed by atoms with Gasteiger partial charge in [0, 0.05) is 5.56 Å². The standard InChI is InChI=1S/C12H9Cl2N3O2/c1-7(9-3-2-4-19-9)16-17-12(18)8-5-10(13)15-11(14)6-8/h2-6H,1H3,(H,17,18). The van der Waals surface area contributed by atoms with Crippen LogP contribution in [0.25, 0.3) is 0 Å². The molecular weight excluding hydrogens is 289 g/mol. The highest BCUT2D eigenvalue weighted by Gasteiger charge is 2.08. The minimum Gasteiger partial charge on any atom is -0.463 e. The smallest absolute Gasteiger partial charge is 0.271 e. The normalized spacial score (nSPS) is 11.4. The number of furan rings is 1. The fraction of sp³-hybridized carbons (Fsp3) is 0.0833. The molecule has 0 fully saturated rings. The number of carbonyl (C=O) groups is 1. The van der Waals surface area contributed by atoms with Crippen molar-refractivity contribution in [3.8, 4) is 0 Å². The number of rotatable bonds is 3. The Hall–Kier alpha value is -1.85. The molecule has 0 aliphatic heterocycles. The van der Waals surface area contributed by atoms with Crippen LogP contribution in [-0.2, 0) is 0 Å². The van der Waals surface area contributed by atoms with Crippen LogP contribution in [0.2, 0.25) is 10.3 Å². The molecule has 0 spiro atoms. The van der Waals surface area contributed by atoms with Crippen molar-refractivity contribution in [3.05, 3.63) is 52.2 Å². The van der Waals surface area contributed by atoms with Crippen LogP contribution in [0, 0.1) is 0 Å². The van der Waals surface area contributed by atoms with Crippen LogP contribution in [0.15, 0.2) is 40.0 Å². The molecule has 1 N–H and O–H groups in total. The fourth-order valence-corrected chi connectivity index (χ4v) is 1.80. The van der Waals surface area contributed by atoms with Gasteiger partial charge in [-0.25, -0.2) is 10.4 Å². The van der Waals surface area contributed by atoms with Gasteiger partial charge in [-0.05, 0) is 31.2 Å². The zero-order valence-electron chi connectivity index (χ0n) is 9.85. The summed E-state index contributed by atoms with van der Waals surface area (Å²) in [7, 11) is 0. The van der Waals surface area contributed by atoms with Crippen LogP contribution < -0.4 is 5.43 Å². The summed E-state index contributed by atoms with van der Waals surface area (Å²) in [6.45, 7) is 1.71. The second-order valence-electron chi connectivity index (χ2n) is 3.62. The van der Waals surface area contributed by atoms with Crippen LogP contribution in [0.3, 0.4) is 0 Å². The van der Waals surface area contributed by atoms with Gasteiger partial charge in [-0.3, -0.25) is 4.79 Å². The molecule has 98 valence electrons. The Morgan fingerprint density at radius 2 is 2.05 bits per heavy atom. The van der Waals surface area contributed by atoms with Gasteiger partial charge < -0.3 is 4.42 Å². The molecule has 0 atom stereocenters. The first-order valence-electron chi connectivity index (χ1n) is 5.28. The third kappa shape index (κ3) is 3.56. The number of nitrogens with one attached hydrogen (secondary N) is 1. The maximum absolute atomic E-state index is 11.8. The van der Waals surface area contributed by atoms with E-state index >= 15 is 0 Å². The number of carbonyl (C=O) groups excluding carboxylic acids is 1. The molecular formula is C12H9Cl2N3O2. The van der Waals surface area contributed by atoms with Crippen LogP contribution in [0.1, 0.15) is 23.0 Å². The molecule has 2 aromatic rings. The molecule has 19 heavy (non-hydrogen) atoms. The van der Waals surface area contributed by atoms with Crippen LogP contribution in [0.4, 0.5) is 0 Å². The summed E-state index contributed by atoms with van der Waals surface area (Å²) in [4.78, 5) is 15.6. The van der Waals surface area contributed by atoms with Crippen molar-refractivity contribution in [1.29, 1.82) is 0 Å². The minimum absolute atomic E-state index is 0.143. The maximum Gasteiger partial charge on any atom is 0.271 e. The van der Waals surface area contributed by atoms with Gasteiger partial charge in [-0.1, -0.05) is 23.2 Å². The topological polar surface area (TPSA) is 67.5 Å². The summed E-state index contributed by atoms with van der Waals surface area (Å²) in [5, 5.41) is 4.20. The van der Waals surface area contributed by atoms with Crippen molar-refractivity contribution < 1.29 is 9.21 Å². The van der Waals surface area contributed by atoms with Gasteiger partial charge in [0.05, 0.1) is 6.26 Å². The maximum atomic E-state index is 11.8. The Morgan fingerprint density at radius 3 is 2.63 bits per heavy atom. The van der Waals surface area contributed by atoms with E-state index in [1.807, 2.05) is 0 Å². The minimum atomic E-state index is -0.433. The lowest BCUT2D eigenvalue weighted by Gasteiger charge is -2.02. The van der Waals surface area contributed by atoms with Crippen molar-refractivity contribution in [2.24, 2.45) is 5.10 Å². The Morgan fingerprint density at radius 1 is 1.37 bits per heavy atom. The largest absolute Gasteiger partial charge is 0.463 e. The van der Waals surface area contributed by atoms with Gasteiger partial charge in [0.15, 0.2) is 0 Å². The van der Waals surface area contributed by atoms with Gasteiger partial charge in [-0.15, -0.1) is 0 Å². The molecule has 1 amide bonds. The molecule has 0 aliphatic carbocycles. The number of amides is 1. The SMILES string of the molecule is CC(=NNC(=O)c1cc(Cl)nc(Cl)c1)c1ccco1. The number of aromatic nitrogens is 1. The number of hydrogen-bond acceptors (Lipinski definition) is 4. The molecule has 0 bridgehead atoms. The lowest BCUT2D eigenvalue weighted by atomic mass is 10.2. The second-order valence-corrected chi connectivity index (χ2v) is 4.39. The number of pyridine rings is 1. The molecule has 0 aliphatic rings. The van der Waals surface area contributed by atoms with Gasteiger partial charge in [-0.2, -0.15) is 5.10 Å². The molecule has 2 rings (SSSR count). The molecule has 0 unspecified atom stereocenters. The molecule has 7 heteroatoms. The highest BCUT2D eigenvalue weighted by atomic mass is 35.5. The van der Waals surface area contributed by atoms with E-state index in [4.69, 9.17) is 27.6 Å². The lowest BCUT2D eigenvalue weighted by Crippen LogP contribution is -2.19. The molecule has 0 aromatic carbocycles. The first kappa shape index (κ1) is 13.6. The van der Waals surface area contributed by atoms with Crippen molar-refractivity contribution in [2.45, 2.75) is 6.92 Å². The quantitative estimate of drug-likeness (QED) is 0.538. The first-order chi connectivity index (χ1) is 9.06. The van der Waals surface area contributed by atoms with Crippen molar-refractivity contribution in [1.82, 2.24) is 10.4 Å². The Bertz CT molecular complexity index is 604. The van der Waals surface area contributed by atoms with Crippen LogP contribution in [0.5, 0.6) is 0 Å². The van der Waals surface area contributed by atoms with Crippen molar-refractivity contribution in [3.63, 3.8) is 0 Å². The fourth-order valence-electron chi connectivity index (χ4n) is 1.33. The molecule has 0 saturated carbocycles. The van der Waals surface area contributed by atoms with E-state index in [0.717, 1.165) is 0 Å². The Balaban J connectivity index is 2.11. The summed E-state index contributed by atoms with van der Waals surface area (Å²) in [6, 6.07) is 6.28. The number of halogens is 2. The monoisotopic (exact) mass is 297 g/mol. The molecule has 0 radical (unpaired) electrons. The van der Waals surface area contributed by atoms with E-state index in [2.05, 4.69) is 15.5 Å². The van der Waals surface area contributed by atoms with Gasteiger partial charge in [0.1, 0.15) is 21.8 Å². The second kappa shape index (κ2) is 5.86. The Kier molecular flexibility index (Phi) is 4.19. The lowest BCUT2D eigenvalue weighted by molar-refractivity contribution is 0.0954. The predicted molar refractivity (Wildman–Crippen MR) is 72.6 cm³/mol. The predicted octanol–water partition coefficient (Wildman–Crippen LogP) is 3.14. The Labute approximate surface area is 119 Å². The van der Waals surface area contributed by atoms with E-state index in [-0.39, 0.29) is 15.9 Å². The van der Waals surface area contributed by atoms with E-state index in [1.165, 1.54) is 18.4 Å². The van der Waals surface area contributed by atoms with E-state index < -0.39 is 5.91 Å². The number of hydrazone groups is 1. The highest BCUT2D eigenvalue weighted by molar-refractivity contribution is 6.33. The zero-order valence-corrected chi connectivity index (χ0v) is 11.4. The third-order valence-electron chi connectivity index (χ3n) is 2.23. The molecule has 2 heterocycles. The first-order valence-corrected chi connectivity index (χ1v) is 6.03. The van der Waals surface area contributed by atoms with Crippen LogP contribution in [-0.4, -0.2) is 16.6 Å².